The molecule has 0 unspecified atom stereocenters. The summed E-state index contributed by atoms with van der Waals surface area (Å²) in [6, 6.07) is 8.73. The molecule has 0 aliphatic rings. The Labute approximate surface area is 190 Å². The SMILES string of the molecule is CCCOc1c(I)cc(/C=N/NC(=O)c2ccc(OC)c(OCC)c2)cc1OCC. The molecule has 30 heavy (non-hydrogen) atoms. The van der Waals surface area contributed by atoms with Gasteiger partial charge < -0.3 is 18.9 Å². The number of benzene rings is 2. The first-order valence-corrected chi connectivity index (χ1v) is 10.8. The summed E-state index contributed by atoms with van der Waals surface area (Å²) in [5, 5.41) is 4.07. The number of nitrogens with one attached hydrogen (secondary N) is 1. The predicted octanol–water partition coefficient (Wildman–Crippen LogP) is 4.65. The van der Waals surface area contributed by atoms with Crippen LogP contribution in [0.15, 0.2) is 35.4 Å². The van der Waals surface area contributed by atoms with Crippen LogP contribution in [-0.4, -0.2) is 39.1 Å². The minimum atomic E-state index is -0.350. The molecule has 0 aliphatic carbocycles. The number of carbonyl (C=O) groups excluding carboxylic acids is 1. The van der Waals surface area contributed by atoms with Crippen LogP contribution in [0.3, 0.4) is 0 Å². The van der Waals surface area contributed by atoms with Crippen molar-refractivity contribution in [3.05, 3.63) is 45.0 Å². The van der Waals surface area contributed by atoms with Gasteiger partial charge in [0.05, 0.1) is 36.7 Å². The van der Waals surface area contributed by atoms with Gasteiger partial charge in [-0.3, -0.25) is 4.79 Å². The van der Waals surface area contributed by atoms with E-state index >= 15 is 0 Å². The minimum Gasteiger partial charge on any atom is -0.493 e. The molecule has 0 saturated heterocycles. The maximum absolute atomic E-state index is 12.4. The maximum Gasteiger partial charge on any atom is 0.271 e. The van der Waals surface area contributed by atoms with Gasteiger partial charge in [-0.25, -0.2) is 5.43 Å². The lowest BCUT2D eigenvalue weighted by Gasteiger charge is -2.14. The van der Waals surface area contributed by atoms with Gasteiger partial charge >= 0.3 is 0 Å². The van der Waals surface area contributed by atoms with Gasteiger partial charge in [-0.2, -0.15) is 5.10 Å². The number of nitrogens with zero attached hydrogens (tertiary/aromatic N) is 1. The number of hydrogen-bond acceptors (Lipinski definition) is 6. The molecule has 2 aromatic carbocycles. The average Bonchev–Trinajstić information content (AvgIpc) is 2.73. The molecule has 2 rings (SSSR count). The Morgan fingerprint density at radius 1 is 1.03 bits per heavy atom. The number of rotatable bonds is 11. The molecular formula is C22H27IN2O5. The first-order chi connectivity index (χ1) is 14.5. The number of ether oxygens (including phenoxy) is 4. The van der Waals surface area contributed by atoms with E-state index in [0.29, 0.717) is 42.6 Å². The molecular weight excluding hydrogens is 499 g/mol. The van der Waals surface area contributed by atoms with Crippen molar-refractivity contribution < 1.29 is 23.7 Å². The molecule has 0 saturated carbocycles. The smallest absolute Gasteiger partial charge is 0.271 e. The standard InChI is InChI=1S/C22H27IN2O5/c1-5-10-30-21-17(23)11-15(12-20(21)29-7-3)14-24-25-22(26)16-8-9-18(27-4)19(13-16)28-6-2/h8-9,11-14H,5-7,10H2,1-4H3,(H,25,26)/b24-14+. The van der Waals surface area contributed by atoms with Crippen molar-refractivity contribution in [2.75, 3.05) is 26.9 Å². The van der Waals surface area contributed by atoms with Crippen LogP contribution in [0.1, 0.15) is 43.1 Å². The number of hydrazone groups is 1. The summed E-state index contributed by atoms with van der Waals surface area (Å²) in [5.74, 6) is 2.11. The third kappa shape index (κ3) is 6.51. The zero-order valence-corrected chi connectivity index (χ0v) is 19.8. The molecule has 0 atom stereocenters. The van der Waals surface area contributed by atoms with E-state index in [-0.39, 0.29) is 5.91 Å². The van der Waals surface area contributed by atoms with Crippen molar-refractivity contribution >= 4 is 34.7 Å². The van der Waals surface area contributed by atoms with E-state index in [0.717, 1.165) is 21.3 Å². The van der Waals surface area contributed by atoms with E-state index in [9.17, 15) is 4.79 Å². The molecule has 0 heterocycles. The third-order valence-electron chi connectivity index (χ3n) is 3.89. The Morgan fingerprint density at radius 3 is 2.43 bits per heavy atom. The van der Waals surface area contributed by atoms with E-state index in [2.05, 4.69) is 40.0 Å². The van der Waals surface area contributed by atoms with Gasteiger partial charge in [0, 0.05) is 5.56 Å². The lowest BCUT2D eigenvalue weighted by molar-refractivity contribution is 0.0954. The number of halogens is 1. The quantitative estimate of drug-likeness (QED) is 0.262. The van der Waals surface area contributed by atoms with E-state index in [1.54, 1.807) is 31.5 Å². The van der Waals surface area contributed by atoms with E-state index in [1.165, 1.54) is 0 Å². The Morgan fingerprint density at radius 2 is 1.77 bits per heavy atom. The normalized spacial score (nSPS) is 10.7. The number of methoxy groups -OCH3 is 1. The fourth-order valence-corrected chi connectivity index (χ4v) is 3.37. The second-order valence-electron chi connectivity index (χ2n) is 6.11. The van der Waals surface area contributed by atoms with Gasteiger partial charge in [-0.05, 0) is 78.8 Å². The highest BCUT2D eigenvalue weighted by atomic mass is 127. The van der Waals surface area contributed by atoms with Crippen LogP contribution >= 0.6 is 22.6 Å². The highest BCUT2D eigenvalue weighted by Gasteiger charge is 2.13. The fraction of sp³-hybridized carbons (Fsp3) is 0.364. The lowest BCUT2D eigenvalue weighted by atomic mass is 10.2. The van der Waals surface area contributed by atoms with E-state index in [4.69, 9.17) is 18.9 Å². The van der Waals surface area contributed by atoms with Gasteiger partial charge in [0.15, 0.2) is 23.0 Å². The van der Waals surface area contributed by atoms with Crippen LogP contribution in [0, 0.1) is 3.57 Å². The first-order valence-electron chi connectivity index (χ1n) is 9.77. The van der Waals surface area contributed by atoms with Crippen molar-refractivity contribution in [2.45, 2.75) is 27.2 Å². The van der Waals surface area contributed by atoms with Gasteiger partial charge in [-0.15, -0.1) is 0 Å². The second-order valence-corrected chi connectivity index (χ2v) is 7.27. The third-order valence-corrected chi connectivity index (χ3v) is 4.69. The fourth-order valence-electron chi connectivity index (χ4n) is 2.59. The lowest BCUT2D eigenvalue weighted by Crippen LogP contribution is -2.17. The van der Waals surface area contributed by atoms with Gasteiger partial charge in [0.1, 0.15) is 0 Å². The zero-order chi connectivity index (χ0) is 21.9. The number of hydrogen-bond donors (Lipinski definition) is 1. The summed E-state index contributed by atoms with van der Waals surface area (Å²) in [6.45, 7) is 7.45. The molecule has 7 nitrogen and oxygen atoms in total. The maximum atomic E-state index is 12.4. The van der Waals surface area contributed by atoms with Gasteiger partial charge in [-0.1, -0.05) is 6.92 Å². The highest BCUT2D eigenvalue weighted by Crippen LogP contribution is 2.34. The van der Waals surface area contributed by atoms with Crippen molar-refractivity contribution in [1.82, 2.24) is 5.43 Å². The molecule has 0 aliphatic heterocycles. The molecule has 0 bridgehead atoms. The van der Waals surface area contributed by atoms with E-state index in [1.807, 2.05) is 26.0 Å². The van der Waals surface area contributed by atoms with Crippen LogP contribution < -0.4 is 24.4 Å². The van der Waals surface area contributed by atoms with Gasteiger partial charge in [0.2, 0.25) is 0 Å². The van der Waals surface area contributed by atoms with Crippen LogP contribution in [-0.2, 0) is 0 Å². The summed E-state index contributed by atoms with van der Waals surface area (Å²) in [7, 11) is 1.55. The molecule has 162 valence electrons. The van der Waals surface area contributed by atoms with Crippen molar-refractivity contribution in [3.8, 4) is 23.0 Å². The number of amides is 1. The minimum absolute atomic E-state index is 0.350. The Kier molecular flexibility index (Phi) is 9.72. The molecule has 2 aromatic rings. The summed E-state index contributed by atoms with van der Waals surface area (Å²) >= 11 is 2.20. The second kappa shape index (κ2) is 12.3. The van der Waals surface area contributed by atoms with Gasteiger partial charge in [0.25, 0.3) is 5.91 Å². The molecule has 0 radical (unpaired) electrons. The molecule has 1 amide bonds. The average molecular weight is 526 g/mol. The summed E-state index contributed by atoms with van der Waals surface area (Å²) in [4.78, 5) is 12.4. The van der Waals surface area contributed by atoms with Crippen molar-refractivity contribution in [1.29, 1.82) is 0 Å². The first kappa shape index (κ1) is 23.8. The van der Waals surface area contributed by atoms with Crippen LogP contribution in [0.25, 0.3) is 0 Å². The molecule has 8 heteroatoms. The Balaban J connectivity index is 2.14. The Hall–Kier alpha value is -2.49. The Bertz CT molecular complexity index is 886. The van der Waals surface area contributed by atoms with Crippen molar-refractivity contribution in [3.63, 3.8) is 0 Å². The predicted molar refractivity (Wildman–Crippen MR) is 125 cm³/mol. The highest BCUT2D eigenvalue weighted by molar-refractivity contribution is 14.1. The topological polar surface area (TPSA) is 78.4 Å². The molecule has 1 N–H and O–H groups in total. The van der Waals surface area contributed by atoms with Crippen LogP contribution in [0.5, 0.6) is 23.0 Å². The van der Waals surface area contributed by atoms with Crippen LogP contribution in [0.4, 0.5) is 0 Å². The number of carbonyl (C=O) groups is 1. The summed E-state index contributed by atoms with van der Waals surface area (Å²) in [5.41, 5.74) is 3.74. The zero-order valence-electron chi connectivity index (χ0n) is 17.7. The summed E-state index contributed by atoms with van der Waals surface area (Å²) in [6.07, 6.45) is 2.48. The monoisotopic (exact) mass is 526 g/mol. The van der Waals surface area contributed by atoms with Crippen LogP contribution in [0.2, 0.25) is 0 Å². The largest absolute Gasteiger partial charge is 0.493 e. The van der Waals surface area contributed by atoms with Crippen molar-refractivity contribution in [2.24, 2.45) is 5.10 Å². The molecule has 0 fully saturated rings. The van der Waals surface area contributed by atoms with E-state index < -0.39 is 0 Å². The summed E-state index contributed by atoms with van der Waals surface area (Å²) < 4.78 is 23.2. The molecule has 0 aromatic heterocycles. The molecule has 0 spiro atoms.